The topological polar surface area (TPSA) is 48.7 Å². The van der Waals surface area contributed by atoms with E-state index in [0.29, 0.717) is 12.5 Å². The van der Waals surface area contributed by atoms with Gasteiger partial charge in [-0.05, 0) is 36.8 Å². The second-order valence-electron chi connectivity index (χ2n) is 4.72. The molecule has 16 heavy (non-hydrogen) atoms. The van der Waals surface area contributed by atoms with Crippen LogP contribution in [0.1, 0.15) is 37.8 Å². The predicted molar refractivity (Wildman–Crippen MR) is 62.6 cm³/mol. The molecule has 1 fully saturated rings. The van der Waals surface area contributed by atoms with Crippen molar-refractivity contribution in [3.8, 4) is 6.07 Å². The summed E-state index contributed by atoms with van der Waals surface area (Å²) in [5.74, 6) is 0. The van der Waals surface area contributed by atoms with Gasteiger partial charge in [-0.2, -0.15) is 5.26 Å². The maximum atomic E-state index is 8.74. The number of nitriles is 1. The first kappa shape index (κ1) is 11.1. The monoisotopic (exact) mass is 215 g/mol. The van der Waals surface area contributed by atoms with Crippen LogP contribution in [-0.2, 0) is 0 Å². The average molecular weight is 215 g/mol. The van der Waals surface area contributed by atoms with E-state index >= 15 is 0 Å². The third-order valence-electron chi connectivity index (χ3n) is 3.38. The molecule has 0 spiro atoms. The zero-order valence-corrected chi connectivity index (χ0v) is 9.61. The Balaban J connectivity index is 1.85. The van der Waals surface area contributed by atoms with Gasteiger partial charge in [0.05, 0.1) is 6.07 Å². The summed E-state index contributed by atoms with van der Waals surface area (Å²) in [7, 11) is 0. The van der Waals surface area contributed by atoms with Crippen LogP contribution in [0.25, 0.3) is 0 Å². The third kappa shape index (κ3) is 2.59. The van der Waals surface area contributed by atoms with Gasteiger partial charge in [-0.15, -0.1) is 0 Å². The van der Waals surface area contributed by atoms with Crippen LogP contribution < -0.4 is 5.32 Å². The van der Waals surface area contributed by atoms with E-state index in [0.717, 1.165) is 6.54 Å². The SMILES string of the molecule is CC(NCC1(CC#N)CC1)c1cccnc1. The van der Waals surface area contributed by atoms with Gasteiger partial charge in [-0.3, -0.25) is 4.98 Å². The van der Waals surface area contributed by atoms with Crippen molar-refractivity contribution in [1.29, 1.82) is 5.26 Å². The quantitative estimate of drug-likeness (QED) is 0.820. The molecule has 1 unspecified atom stereocenters. The largest absolute Gasteiger partial charge is 0.310 e. The Labute approximate surface area is 96.5 Å². The molecule has 3 nitrogen and oxygen atoms in total. The van der Waals surface area contributed by atoms with Crippen molar-refractivity contribution in [2.24, 2.45) is 5.41 Å². The molecule has 0 aliphatic heterocycles. The molecule has 1 aliphatic carbocycles. The van der Waals surface area contributed by atoms with Crippen molar-refractivity contribution < 1.29 is 0 Å². The van der Waals surface area contributed by atoms with Crippen molar-refractivity contribution in [1.82, 2.24) is 10.3 Å². The summed E-state index contributed by atoms with van der Waals surface area (Å²) < 4.78 is 0. The molecule has 3 heteroatoms. The van der Waals surface area contributed by atoms with Gasteiger partial charge in [-0.1, -0.05) is 6.07 Å². The molecule has 1 atom stereocenters. The van der Waals surface area contributed by atoms with Crippen molar-refractivity contribution in [2.75, 3.05) is 6.54 Å². The van der Waals surface area contributed by atoms with E-state index in [1.807, 2.05) is 12.3 Å². The normalized spacial score (nSPS) is 18.8. The van der Waals surface area contributed by atoms with Crippen LogP contribution in [0.5, 0.6) is 0 Å². The number of nitrogens with zero attached hydrogens (tertiary/aromatic N) is 2. The van der Waals surface area contributed by atoms with Crippen LogP contribution in [0.3, 0.4) is 0 Å². The molecular formula is C13H17N3. The second-order valence-corrected chi connectivity index (χ2v) is 4.72. The molecule has 0 bridgehead atoms. The lowest BCUT2D eigenvalue weighted by molar-refractivity contribution is 0.432. The molecule has 2 rings (SSSR count). The van der Waals surface area contributed by atoms with Gasteiger partial charge >= 0.3 is 0 Å². The molecule has 1 saturated carbocycles. The Morgan fingerprint density at radius 2 is 2.44 bits per heavy atom. The van der Waals surface area contributed by atoms with Gasteiger partial charge in [0.15, 0.2) is 0 Å². The van der Waals surface area contributed by atoms with Crippen molar-refractivity contribution in [2.45, 2.75) is 32.2 Å². The number of aromatic nitrogens is 1. The molecule has 1 N–H and O–H groups in total. The van der Waals surface area contributed by atoms with E-state index in [1.165, 1.54) is 18.4 Å². The molecule has 0 aromatic carbocycles. The molecule has 0 radical (unpaired) electrons. The van der Waals surface area contributed by atoms with Crippen molar-refractivity contribution >= 4 is 0 Å². The van der Waals surface area contributed by atoms with Crippen LogP contribution in [-0.4, -0.2) is 11.5 Å². The van der Waals surface area contributed by atoms with Crippen LogP contribution in [0.2, 0.25) is 0 Å². The molecule has 0 amide bonds. The summed E-state index contributed by atoms with van der Waals surface area (Å²) in [6, 6.07) is 6.62. The lowest BCUT2D eigenvalue weighted by Gasteiger charge is -2.18. The van der Waals surface area contributed by atoms with Gasteiger partial charge in [0.2, 0.25) is 0 Å². The molecular weight excluding hydrogens is 198 g/mol. The first-order valence-corrected chi connectivity index (χ1v) is 5.76. The smallest absolute Gasteiger partial charge is 0.0628 e. The number of pyridine rings is 1. The van der Waals surface area contributed by atoms with E-state index in [1.54, 1.807) is 6.20 Å². The minimum absolute atomic E-state index is 0.269. The maximum Gasteiger partial charge on any atom is 0.0628 e. The lowest BCUT2D eigenvalue weighted by atomic mass is 10.0. The Morgan fingerprint density at radius 3 is 3.00 bits per heavy atom. The van der Waals surface area contributed by atoms with E-state index in [9.17, 15) is 0 Å². The Bertz CT molecular complexity index is 376. The number of hydrogen-bond acceptors (Lipinski definition) is 3. The summed E-state index contributed by atoms with van der Waals surface area (Å²) in [4.78, 5) is 4.11. The average Bonchev–Trinajstić information content (AvgIpc) is 3.08. The van der Waals surface area contributed by atoms with Crippen LogP contribution in [0.4, 0.5) is 0 Å². The zero-order valence-electron chi connectivity index (χ0n) is 9.61. The highest BCUT2D eigenvalue weighted by molar-refractivity contribution is 5.13. The summed E-state index contributed by atoms with van der Waals surface area (Å²) in [6.07, 6.45) is 6.73. The van der Waals surface area contributed by atoms with E-state index < -0.39 is 0 Å². The minimum Gasteiger partial charge on any atom is -0.310 e. The Kier molecular flexibility index (Phi) is 3.21. The highest BCUT2D eigenvalue weighted by atomic mass is 14.9. The highest BCUT2D eigenvalue weighted by Crippen LogP contribution is 2.48. The summed E-state index contributed by atoms with van der Waals surface area (Å²) >= 11 is 0. The van der Waals surface area contributed by atoms with Crippen LogP contribution >= 0.6 is 0 Å². The number of nitrogens with one attached hydrogen (secondary N) is 1. The summed E-state index contributed by atoms with van der Waals surface area (Å²) in [6.45, 7) is 3.08. The predicted octanol–water partition coefficient (Wildman–Crippen LogP) is 2.43. The fraction of sp³-hybridized carbons (Fsp3) is 0.538. The molecule has 0 saturated heterocycles. The summed E-state index contributed by atoms with van der Waals surface area (Å²) in [5, 5.41) is 12.2. The molecule has 1 aliphatic rings. The number of rotatable bonds is 5. The van der Waals surface area contributed by atoms with Gasteiger partial charge in [-0.25, -0.2) is 0 Å². The van der Waals surface area contributed by atoms with Gasteiger partial charge in [0, 0.05) is 31.4 Å². The fourth-order valence-corrected chi connectivity index (χ4v) is 1.88. The minimum atomic E-state index is 0.269. The lowest BCUT2D eigenvalue weighted by Crippen LogP contribution is -2.26. The Morgan fingerprint density at radius 1 is 1.62 bits per heavy atom. The van der Waals surface area contributed by atoms with E-state index in [4.69, 9.17) is 5.26 Å². The first-order chi connectivity index (χ1) is 7.76. The standard InChI is InChI=1S/C13H17N3/c1-11(12-3-2-8-15-9-12)16-10-13(4-5-13)6-7-14/h2-3,8-9,11,16H,4-6,10H2,1H3. The molecule has 1 aromatic rings. The molecule has 1 heterocycles. The van der Waals surface area contributed by atoms with Crippen molar-refractivity contribution in [3.05, 3.63) is 30.1 Å². The number of hydrogen-bond donors (Lipinski definition) is 1. The van der Waals surface area contributed by atoms with Crippen LogP contribution in [0.15, 0.2) is 24.5 Å². The Hall–Kier alpha value is -1.40. The second kappa shape index (κ2) is 4.63. The maximum absolute atomic E-state index is 8.74. The van der Waals surface area contributed by atoms with E-state index in [-0.39, 0.29) is 5.41 Å². The van der Waals surface area contributed by atoms with Crippen molar-refractivity contribution in [3.63, 3.8) is 0 Å². The summed E-state index contributed by atoms with van der Waals surface area (Å²) in [5.41, 5.74) is 1.47. The van der Waals surface area contributed by atoms with Gasteiger partial charge < -0.3 is 5.32 Å². The molecule has 84 valence electrons. The first-order valence-electron chi connectivity index (χ1n) is 5.76. The van der Waals surface area contributed by atoms with Crippen LogP contribution in [0, 0.1) is 16.7 Å². The highest BCUT2D eigenvalue weighted by Gasteiger charge is 2.42. The van der Waals surface area contributed by atoms with Gasteiger partial charge in [0.25, 0.3) is 0 Å². The zero-order chi connectivity index (χ0) is 11.4. The fourth-order valence-electron chi connectivity index (χ4n) is 1.88. The van der Waals surface area contributed by atoms with E-state index in [2.05, 4.69) is 29.4 Å². The third-order valence-corrected chi connectivity index (χ3v) is 3.38. The molecule has 1 aromatic heterocycles. The van der Waals surface area contributed by atoms with Gasteiger partial charge in [0.1, 0.15) is 0 Å².